The largest absolute Gasteiger partial charge is 0.317 e. The Morgan fingerprint density at radius 3 is 2.14 bits per heavy atom. The van der Waals surface area contributed by atoms with Gasteiger partial charge in [0, 0.05) is 6.54 Å². The van der Waals surface area contributed by atoms with Gasteiger partial charge in [0.1, 0.15) is 0 Å². The molecule has 0 aromatic heterocycles. The maximum Gasteiger partial charge on any atom is 0.000975 e. The summed E-state index contributed by atoms with van der Waals surface area (Å²) < 4.78 is 0. The zero-order valence-corrected chi connectivity index (χ0v) is 10.5. The third-order valence-corrected chi connectivity index (χ3v) is 3.48. The van der Waals surface area contributed by atoms with E-state index in [9.17, 15) is 0 Å². The van der Waals surface area contributed by atoms with Crippen LogP contribution in [0.5, 0.6) is 0 Å². The highest BCUT2D eigenvalue weighted by Gasteiger charge is 2.28. The number of likely N-dealkylation sites (tertiary alicyclic amines) is 1. The van der Waals surface area contributed by atoms with Crippen LogP contribution >= 0.6 is 24.8 Å². The molecule has 0 radical (unpaired) electrons. The quantitative estimate of drug-likeness (QED) is 0.752. The molecule has 2 aliphatic rings. The number of hydrogen-bond acceptors (Lipinski definition) is 2. The second kappa shape index (κ2) is 6.89. The van der Waals surface area contributed by atoms with Gasteiger partial charge in [-0.25, -0.2) is 0 Å². The van der Waals surface area contributed by atoms with Gasteiger partial charge in [0.2, 0.25) is 0 Å². The number of rotatable bonds is 1. The molecule has 14 heavy (non-hydrogen) atoms. The van der Waals surface area contributed by atoms with Gasteiger partial charge < -0.3 is 10.2 Å². The Morgan fingerprint density at radius 2 is 1.64 bits per heavy atom. The number of nitrogens with zero attached hydrogens (tertiary/aromatic N) is 1. The van der Waals surface area contributed by atoms with Crippen molar-refractivity contribution in [1.29, 1.82) is 0 Å². The lowest BCUT2D eigenvalue weighted by Gasteiger charge is -2.27. The van der Waals surface area contributed by atoms with Crippen molar-refractivity contribution >= 4 is 24.8 Å². The van der Waals surface area contributed by atoms with Gasteiger partial charge in [-0.3, -0.25) is 0 Å². The van der Waals surface area contributed by atoms with Gasteiger partial charge in [0.25, 0.3) is 0 Å². The molecule has 4 heteroatoms. The minimum Gasteiger partial charge on any atom is -0.317 e. The average molecular weight is 241 g/mol. The second-order valence-corrected chi connectivity index (χ2v) is 4.40. The summed E-state index contributed by atoms with van der Waals surface area (Å²) in [6.07, 6.45) is 4.28. The molecular formula is C10H22Cl2N2. The fourth-order valence-corrected chi connectivity index (χ4v) is 2.67. The molecule has 0 bridgehead atoms. The maximum absolute atomic E-state index is 3.44. The van der Waals surface area contributed by atoms with Crippen LogP contribution in [0.4, 0.5) is 0 Å². The van der Waals surface area contributed by atoms with Crippen LogP contribution in [0, 0.1) is 11.8 Å². The predicted octanol–water partition coefficient (Wildman–Crippen LogP) is 1.78. The Hall–Kier alpha value is 0.500. The Labute approximate surface area is 99.6 Å². The lowest BCUT2D eigenvalue weighted by Crippen LogP contribution is -2.32. The highest BCUT2D eigenvalue weighted by Crippen LogP contribution is 2.29. The van der Waals surface area contributed by atoms with Gasteiger partial charge in [-0.1, -0.05) is 0 Å². The first-order valence-electron chi connectivity index (χ1n) is 5.25. The first-order chi connectivity index (χ1) is 5.86. The van der Waals surface area contributed by atoms with E-state index < -0.39 is 0 Å². The van der Waals surface area contributed by atoms with Crippen LogP contribution in [-0.2, 0) is 0 Å². The van der Waals surface area contributed by atoms with E-state index in [2.05, 4.69) is 17.3 Å². The van der Waals surface area contributed by atoms with Gasteiger partial charge >= 0.3 is 0 Å². The minimum atomic E-state index is 0. The fourth-order valence-electron chi connectivity index (χ4n) is 2.67. The van der Waals surface area contributed by atoms with Crippen molar-refractivity contribution in [2.24, 2.45) is 11.8 Å². The molecule has 2 aliphatic heterocycles. The lowest BCUT2D eigenvalue weighted by atomic mass is 9.84. The number of halogens is 2. The molecule has 2 nitrogen and oxygen atoms in total. The third kappa shape index (κ3) is 3.58. The van der Waals surface area contributed by atoms with Crippen LogP contribution in [-0.4, -0.2) is 38.1 Å². The van der Waals surface area contributed by atoms with E-state index in [4.69, 9.17) is 0 Å². The van der Waals surface area contributed by atoms with Crippen LogP contribution in [0.1, 0.15) is 19.3 Å². The van der Waals surface area contributed by atoms with Gasteiger partial charge in [0.15, 0.2) is 0 Å². The summed E-state index contributed by atoms with van der Waals surface area (Å²) in [4.78, 5) is 2.48. The standard InChI is InChI=1S/C10H20N2.2ClH/c1-12-7-4-10(8-12)9-2-5-11-6-3-9;;/h9-11H,2-8H2,1H3;2*1H. The molecule has 2 saturated heterocycles. The Kier molecular flexibility index (Phi) is 7.13. The molecule has 0 aliphatic carbocycles. The van der Waals surface area contributed by atoms with Gasteiger partial charge in [-0.2, -0.15) is 0 Å². The zero-order valence-electron chi connectivity index (χ0n) is 8.87. The number of piperidine rings is 1. The summed E-state index contributed by atoms with van der Waals surface area (Å²) in [5.74, 6) is 2.04. The van der Waals surface area contributed by atoms with Crippen molar-refractivity contribution < 1.29 is 0 Å². The summed E-state index contributed by atoms with van der Waals surface area (Å²) in [5.41, 5.74) is 0. The molecule has 0 aromatic rings. The normalized spacial score (nSPS) is 29.4. The van der Waals surface area contributed by atoms with Crippen molar-refractivity contribution in [1.82, 2.24) is 10.2 Å². The Bertz CT molecular complexity index is 146. The number of nitrogens with one attached hydrogen (secondary N) is 1. The molecule has 2 rings (SSSR count). The molecule has 0 spiro atoms. The zero-order chi connectivity index (χ0) is 8.39. The lowest BCUT2D eigenvalue weighted by molar-refractivity contribution is 0.258. The van der Waals surface area contributed by atoms with E-state index in [1.807, 2.05) is 0 Å². The van der Waals surface area contributed by atoms with Crippen LogP contribution in [0.3, 0.4) is 0 Å². The van der Waals surface area contributed by atoms with Gasteiger partial charge in [0.05, 0.1) is 0 Å². The Balaban J connectivity index is 0.000000845. The van der Waals surface area contributed by atoms with Crippen molar-refractivity contribution in [3.8, 4) is 0 Å². The summed E-state index contributed by atoms with van der Waals surface area (Å²) >= 11 is 0. The van der Waals surface area contributed by atoms with Gasteiger partial charge in [-0.15, -0.1) is 24.8 Å². The molecular weight excluding hydrogens is 219 g/mol. The van der Waals surface area contributed by atoms with Crippen molar-refractivity contribution in [3.05, 3.63) is 0 Å². The Morgan fingerprint density at radius 1 is 1.00 bits per heavy atom. The molecule has 2 heterocycles. The van der Waals surface area contributed by atoms with E-state index in [-0.39, 0.29) is 24.8 Å². The molecule has 1 N–H and O–H groups in total. The fraction of sp³-hybridized carbons (Fsp3) is 1.00. The van der Waals surface area contributed by atoms with Crippen LogP contribution in [0.15, 0.2) is 0 Å². The molecule has 1 atom stereocenters. The van der Waals surface area contributed by atoms with Crippen LogP contribution in [0.2, 0.25) is 0 Å². The van der Waals surface area contributed by atoms with Crippen LogP contribution < -0.4 is 5.32 Å². The average Bonchev–Trinajstić information content (AvgIpc) is 2.54. The molecule has 1 unspecified atom stereocenters. The van der Waals surface area contributed by atoms with Crippen molar-refractivity contribution in [3.63, 3.8) is 0 Å². The SMILES string of the molecule is CN1CCC(C2CCNCC2)C1.Cl.Cl. The monoisotopic (exact) mass is 240 g/mol. The summed E-state index contributed by atoms with van der Waals surface area (Å²) in [6, 6.07) is 0. The predicted molar refractivity (Wildman–Crippen MR) is 65.7 cm³/mol. The molecule has 2 fully saturated rings. The van der Waals surface area contributed by atoms with E-state index >= 15 is 0 Å². The summed E-state index contributed by atoms with van der Waals surface area (Å²) in [6.45, 7) is 5.19. The van der Waals surface area contributed by atoms with Crippen molar-refractivity contribution in [2.75, 3.05) is 33.2 Å². The van der Waals surface area contributed by atoms with E-state index in [0.29, 0.717) is 0 Å². The minimum absolute atomic E-state index is 0. The smallest absolute Gasteiger partial charge is 0.000975 e. The molecule has 86 valence electrons. The highest BCUT2D eigenvalue weighted by atomic mass is 35.5. The van der Waals surface area contributed by atoms with E-state index in [0.717, 1.165) is 11.8 Å². The molecule has 0 saturated carbocycles. The second-order valence-electron chi connectivity index (χ2n) is 4.40. The van der Waals surface area contributed by atoms with E-state index in [1.165, 1.54) is 45.4 Å². The first-order valence-corrected chi connectivity index (χ1v) is 5.25. The highest BCUT2D eigenvalue weighted by molar-refractivity contribution is 5.85. The van der Waals surface area contributed by atoms with Gasteiger partial charge in [-0.05, 0) is 57.8 Å². The molecule has 0 aromatic carbocycles. The number of hydrogen-bond donors (Lipinski definition) is 1. The van der Waals surface area contributed by atoms with E-state index in [1.54, 1.807) is 0 Å². The molecule has 0 amide bonds. The van der Waals surface area contributed by atoms with Crippen molar-refractivity contribution in [2.45, 2.75) is 19.3 Å². The summed E-state index contributed by atoms with van der Waals surface area (Å²) in [7, 11) is 2.25. The maximum atomic E-state index is 3.44. The summed E-state index contributed by atoms with van der Waals surface area (Å²) in [5, 5.41) is 3.44. The first kappa shape index (κ1) is 14.5. The topological polar surface area (TPSA) is 15.3 Å². The third-order valence-electron chi connectivity index (χ3n) is 3.48. The van der Waals surface area contributed by atoms with Crippen LogP contribution in [0.25, 0.3) is 0 Å².